The SMILES string of the molecule is CNCc1cc(COc2cc(F)cc(Br)c2)c(C)s1. The summed E-state index contributed by atoms with van der Waals surface area (Å²) in [7, 11) is 1.93. The zero-order valence-corrected chi connectivity index (χ0v) is 13.2. The Morgan fingerprint density at radius 2 is 2.11 bits per heavy atom. The molecule has 2 rings (SSSR count). The lowest BCUT2D eigenvalue weighted by Crippen LogP contribution is -2.02. The Labute approximate surface area is 124 Å². The van der Waals surface area contributed by atoms with E-state index in [1.54, 1.807) is 17.4 Å². The maximum atomic E-state index is 13.2. The summed E-state index contributed by atoms with van der Waals surface area (Å²) in [5.41, 5.74) is 1.15. The Bertz CT molecular complexity index is 550. The highest BCUT2D eigenvalue weighted by atomic mass is 79.9. The average molecular weight is 344 g/mol. The largest absolute Gasteiger partial charge is 0.489 e. The van der Waals surface area contributed by atoms with Crippen LogP contribution in [-0.4, -0.2) is 7.05 Å². The molecule has 0 unspecified atom stereocenters. The van der Waals surface area contributed by atoms with Gasteiger partial charge in [-0.25, -0.2) is 4.39 Å². The molecule has 1 N–H and O–H groups in total. The number of hydrogen-bond acceptors (Lipinski definition) is 3. The summed E-state index contributed by atoms with van der Waals surface area (Å²) in [6.45, 7) is 3.39. The zero-order chi connectivity index (χ0) is 13.8. The van der Waals surface area contributed by atoms with Gasteiger partial charge in [0.1, 0.15) is 18.2 Å². The van der Waals surface area contributed by atoms with E-state index < -0.39 is 0 Å². The number of rotatable bonds is 5. The number of aryl methyl sites for hydroxylation is 1. The van der Waals surface area contributed by atoms with Gasteiger partial charge in [0.2, 0.25) is 0 Å². The van der Waals surface area contributed by atoms with Crippen molar-refractivity contribution in [1.82, 2.24) is 5.32 Å². The van der Waals surface area contributed by atoms with Crippen LogP contribution in [0, 0.1) is 12.7 Å². The summed E-state index contributed by atoms with van der Waals surface area (Å²) < 4.78 is 19.5. The average Bonchev–Trinajstić information content (AvgIpc) is 2.66. The maximum absolute atomic E-state index is 13.2. The Hall–Kier alpha value is -0.910. The van der Waals surface area contributed by atoms with Gasteiger partial charge in [0.25, 0.3) is 0 Å². The van der Waals surface area contributed by atoms with Gasteiger partial charge in [0.15, 0.2) is 0 Å². The molecule has 0 atom stereocenters. The number of benzene rings is 1. The molecule has 102 valence electrons. The van der Waals surface area contributed by atoms with E-state index in [2.05, 4.69) is 34.2 Å². The van der Waals surface area contributed by atoms with E-state index in [1.807, 2.05) is 7.05 Å². The van der Waals surface area contributed by atoms with Crippen LogP contribution < -0.4 is 10.1 Å². The van der Waals surface area contributed by atoms with Crippen LogP contribution in [0.4, 0.5) is 4.39 Å². The van der Waals surface area contributed by atoms with Crippen LogP contribution in [0.15, 0.2) is 28.7 Å². The molecule has 19 heavy (non-hydrogen) atoms. The first kappa shape index (κ1) is 14.5. The van der Waals surface area contributed by atoms with Crippen molar-refractivity contribution in [2.24, 2.45) is 0 Å². The molecule has 2 aromatic rings. The summed E-state index contributed by atoms with van der Waals surface area (Å²) in [5, 5.41) is 3.13. The summed E-state index contributed by atoms with van der Waals surface area (Å²) in [5.74, 6) is 0.231. The first-order valence-electron chi connectivity index (χ1n) is 5.90. The first-order chi connectivity index (χ1) is 9.08. The molecule has 0 radical (unpaired) electrons. The lowest BCUT2D eigenvalue weighted by molar-refractivity contribution is 0.304. The number of hydrogen-bond donors (Lipinski definition) is 1. The molecule has 1 aromatic carbocycles. The quantitative estimate of drug-likeness (QED) is 0.875. The second kappa shape index (κ2) is 6.50. The van der Waals surface area contributed by atoms with E-state index in [-0.39, 0.29) is 5.82 Å². The van der Waals surface area contributed by atoms with Crippen molar-refractivity contribution in [3.05, 3.63) is 49.9 Å². The van der Waals surface area contributed by atoms with Gasteiger partial charge in [-0.1, -0.05) is 15.9 Å². The lowest BCUT2D eigenvalue weighted by Gasteiger charge is -2.06. The Balaban J connectivity index is 2.05. The molecule has 1 aromatic heterocycles. The Morgan fingerprint density at radius 3 is 2.79 bits per heavy atom. The van der Waals surface area contributed by atoms with Crippen LogP contribution >= 0.6 is 27.3 Å². The number of thiophene rings is 1. The number of nitrogens with one attached hydrogen (secondary N) is 1. The van der Waals surface area contributed by atoms with Gasteiger partial charge < -0.3 is 10.1 Å². The van der Waals surface area contributed by atoms with Crippen molar-refractivity contribution in [1.29, 1.82) is 0 Å². The minimum atomic E-state index is -0.303. The Morgan fingerprint density at radius 1 is 1.32 bits per heavy atom. The van der Waals surface area contributed by atoms with Crippen LogP contribution in [0.2, 0.25) is 0 Å². The van der Waals surface area contributed by atoms with Crippen LogP contribution in [0.3, 0.4) is 0 Å². The van der Waals surface area contributed by atoms with Gasteiger partial charge in [0, 0.05) is 32.4 Å². The second-order valence-corrected chi connectivity index (χ2v) is 6.47. The highest BCUT2D eigenvalue weighted by molar-refractivity contribution is 9.10. The van der Waals surface area contributed by atoms with Gasteiger partial charge in [-0.2, -0.15) is 0 Å². The van der Waals surface area contributed by atoms with Crippen molar-refractivity contribution in [2.75, 3.05) is 7.05 Å². The summed E-state index contributed by atoms with van der Waals surface area (Å²) in [4.78, 5) is 2.51. The van der Waals surface area contributed by atoms with Gasteiger partial charge in [-0.15, -0.1) is 11.3 Å². The molecule has 0 fully saturated rings. The van der Waals surface area contributed by atoms with Crippen molar-refractivity contribution < 1.29 is 9.13 Å². The van der Waals surface area contributed by atoms with Crippen LogP contribution in [0.1, 0.15) is 15.3 Å². The minimum Gasteiger partial charge on any atom is -0.489 e. The first-order valence-corrected chi connectivity index (χ1v) is 7.51. The minimum absolute atomic E-state index is 0.303. The number of halogens is 2. The molecule has 0 aliphatic carbocycles. The third-order valence-corrected chi connectivity index (χ3v) is 4.20. The van der Waals surface area contributed by atoms with Gasteiger partial charge in [-0.3, -0.25) is 0 Å². The fourth-order valence-corrected chi connectivity index (χ4v) is 3.27. The van der Waals surface area contributed by atoms with Crippen LogP contribution in [-0.2, 0) is 13.2 Å². The van der Waals surface area contributed by atoms with Gasteiger partial charge in [0.05, 0.1) is 0 Å². The molecule has 5 heteroatoms. The monoisotopic (exact) mass is 343 g/mol. The highest BCUT2D eigenvalue weighted by Gasteiger charge is 2.07. The smallest absolute Gasteiger partial charge is 0.128 e. The molecule has 1 heterocycles. The van der Waals surface area contributed by atoms with E-state index in [4.69, 9.17) is 4.74 Å². The molecule has 0 aliphatic rings. The van der Waals surface area contributed by atoms with Crippen molar-refractivity contribution >= 4 is 27.3 Å². The fraction of sp³-hybridized carbons (Fsp3) is 0.286. The molecule has 0 bridgehead atoms. The molecule has 0 amide bonds. The molecule has 0 spiro atoms. The van der Waals surface area contributed by atoms with Gasteiger partial charge >= 0.3 is 0 Å². The molecule has 0 saturated carbocycles. The predicted octanol–water partition coefficient (Wildman–Crippen LogP) is 4.26. The van der Waals surface area contributed by atoms with E-state index >= 15 is 0 Å². The zero-order valence-electron chi connectivity index (χ0n) is 10.8. The number of ether oxygens (including phenoxy) is 1. The normalized spacial score (nSPS) is 10.7. The lowest BCUT2D eigenvalue weighted by atomic mass is 10.2. The van der Waals surface area contributed by atoms with E-state index in [0.29, 0.717) is 16.8 Å². The molecule has 2 nitrogen and oxygen atoms in total. The van der Waals surface area contributed by atoms with E-state index in [1.165, 1.54) is 21.9 Å². The van der Waals surface area contributed by atoms with E-state index in [9.17, 15) is 4.39 Å². The molecule has 0 saturated heterocycles. The maximum Gasteiger partial charge on any atom is 0.128 e. The summed E-state index contributed by atoms with van der Waals surface area (Å²) in [6, 6.07) is 6.69. The van der Waals surface area contributed by atoms with Gasteiger partial charge in [-0.05, 0) is 32.2 Å². The molecular weight excluding hydrogens is 329 g/mol. The molecule has 0 aliphatic heterocycles. The van der Waals surface area contributed by atoms with Crippen LogP contribution in [0.25, 0.3) is 0 Å². The van der Waals surface area contributed by atoms with Crippen LogP contribution in [0.5, 0.6) is 5.75 Å². The second-order valence-electron chi connectivity index (χ2n) is 4.22. The van der Waals surface area contributed by atoms with E-state index in [0.717, 1.165) is 12.1 Å². The summed E-state index contributed by atoms with van der Waals surface area (Å²) in [6.07, 6.45) is 0. The van der Waals surface area contributed by atoms with Crippen molar-refractivity contribution in [3.63, 3.8) is 0 Å². The third-order valence-electron chi connectivity index (χ3n) is 2.65. The highest BCUT2D eigenvalue weighted by Crippen LogP contribution is 2.25. The fourth-order valence-electron chi connectivity index (χ4n) is 1.77. The summed E-state index contributed by atoms with van der Waals surface area (Å²) >= 11 is 5.01. The standard InChI is InChI=1S/C14H15BrFNOS/c1-9-10(3-14(19-9)7-17-2)8-18-13-5-11(15)4-12(16)6-13/h3-6,17H,7-8H2,1-2H3. The van der Waals surface area contributed by atoms with Crippen molar-refractivity contribution in [2.45, 2.75) is 20.1 Å². The topological polar surface area (TPSA) is 21.3 Å². The third kappa shape index (κ3) is 4.03. The Kier molecular flexibility index (Phi) is 4.96. The molecular formula is C14H15BrFNOS. The predicted molar refractivity (Wildman–Crippen MR) is 80.3 cm³/mol. The van der Waals surface area contributed by atoms with Crippen molar-refractivity contribution in [3.8, 4) is 5.75 Å².